The molecule has 0 atom stereocenters. The lowest BCUT2D eigenvalue weighted by Gasteiger charge is -2.10. The van der Waals surface area contributed by atoms with Crippen LogP contribution in [0, 0.1) is 0 Å². The quantitative estimate of drug-likeness (QED) is 0.486. The largest absolute Gasteiger partial charge is 0.398 e. The number of benzene rings is 1. The molecule has 1 aromatic carbocycles. The predicted octanol–water partition coefficient (Wildman–Crippen LogP) is 1.98. The molecule has 3 rings (SSSR count). The molecule has 0 radical (unpaired) electrons. The molecule has 0 fully saturated rings. The maximum absolute atomic E-state index is 5.96. The SMILES string of the molecule is Nc1ccc(NCCCc2ncn[nH]2)c2ccncc12. The third-order valence-electron chi connectivity index (χ3n) is 3.22. The van der Waals surface area contributed by atoms with Crippen molar-refractivity contribution in [1.29, 1.82) is 0 Å². The molecule has 0 amide bonds. The van der Waals surface area contributed by atoms with E-state index in [2.05, 4.69) is 25.5 Å². The van der Waals surface area contributed by atoms with E-state index in [0.717, 1.165) is 47.4 Å². The second kappa shape index (κ2) is 5.56. The number of nitrogens with one attached hydrogen (secondary N) is 2. The van der Waals surface area contributed by atoms with E-state index in [4.69, 9.17) is 5.73 Å². The van der Waals surface area contributed by atoms with E-state index >= 15 is 0 Å². The molecular weight excluding hydrogens is 252 g/mol. The average Bonchev–Trinajstić information content (AvgIpc) is 2.99. The van der Waals surface area contributed by atoms with E-state index in [1.165, 1.54) is 6.33 Å². The van der Waals surface area contributed by atoms with Crippen molar-refractivity contribution in [2.24, 2.45) is 0 Å². The van der Waals surface area contributed by atoms with Crippen LogP contribution in [0.1, 0.15) is 12.2 Å². The molecule has 0 saturated carbocycles. The Labute approximate surface area is 116 Å². The van der Waals surface area contributed by atoms with Crippen LogP contribution in [0.15, 0.2) is 36.9 Å². The third kappa shape index (κ3) is 2.54. The standard InChI is InChI=1S/C14H16N6/c15-12-3-4-13(10-5-7-16-8-11(10)12)17-6-1-2-14-18-9-19-20-14/h3-5,7-9,17H,1-2,6,15H2,(H,18,19,20). The number of hydrogen-bond donors (Lipinski definition) is 3. The second-order valence-corrected chi connectivity index (χ2v) is 4.59. The molecule has 0 spiro atoms. The van der Waals surface area contributed by atoms with Gasteiger partial charge in [0.15, 0.2) is 0 Å². The first kappa shape index (κ1) is 12.4. The zero-order valence-electron chi connectivity index (χ0n) is 11.0. The van der Waals surface area contributed by atoms with Gasteiger partial charge in [0, 0.05) is 47.5 Å². The monoisotopic (exact) mass is 268 g/mol. The van der Waals surface area contributed by atoms with E-state index in [1.807, 2.05) is 18.2 Å². The number of pyridine rings is 1. The minimum Gasteiger partial charge on any atom is -0.398 e. The van der Waals surface area contributed by atoms with E-state index in [1.54, 1.807) is 12.4 Å². The van der Waals surface area contributed by atoms with Gasteiger partial charge in [-0.15, -0.1) is 0 Å². The van der Waals surface area contributed by atoms with E-state index < -0.39 is 0 Å². The third-order valence-corrected chi connectivity index (χ3v) is 3.22. The van der Waals surface area contributed by atoms with E-state index in [9.17, 15) is 0 Å². The molecule has 102 valence electrons. The Kier molecular flexibility index (Phi) is 3.45. The van der Waals surface area contributed by atoms with Crippen molar-refractivity contribution in [1.82, 2.24) is 20.2 Å². The Hall–Kier alpha value is -2.63. The highest BCUT2D eigenvalue weighted by Gasteiger charge is 2.03. The van der Waals surface area contributed by atoms with Crippen molar-refractivity contribution in [2.45, 2.75) is 12.8 Å². The Balaban J connectivity index is 1.67. The maximum atomic E-state index is 5.96. The normalized spacial score (nSPS) is 10.8. The maximum Gasteiger partial charge on any atom is 0.137 e. The van der Waals surface area contributed by atoms with E-state index in [-0.39, 0.29) is 0 Å². The fraction of sp³-hybridized carbons (Fsp3) is 0.214. The Morgan fingerprint density at radius 2 is 2.15 bits per heavy atom. The number of nitrogens with zero attached hydrogens (tertiary/aromatic N) is 3. The lowest BCUT2D eigenvalue weighted by Crippen LogP contribution is -2.04. The summed E-state index contributed by atoms with van der Waals surface area (Å²) < 4.78 is 0. The van der Waals surface area contributed by atoms with Crippen LogP contribution in [-0.2, 0) is 6.42 Å². The molecule has 0 aliphatic carbocycles. The summed E-state index contributed by atoms with van der Waals surface area (Å²) in [5.41, 5.74) is 7.79. The zero-order chi connectivity index (χ0) is 13.8. The first-order chi connectivity index (χ1) is 9.84. The molecule has 0 unspecified atom stereocenters. The number of aromatic nitrogens is 4. The van der Waals surface area contributed by atoms with Crippen LogP contribution >= 0.6 is 0 Å². The van der Waals surface area contributed by atoms with Crippen LogP contribution in [0.3, 0.4) is 0 Å². The van der Waals surface area contributed by atoms with Crippen LogP contribution in [0.4, 0.5) is 11.4 Å². The molecule has 20 heavy (non-hydrogen) atoms. The topological polar surface area (TPSA) is 92.5 Å². The number of anilines is 2. The summed E-state index contributed by atoms with van der Waals surface area (Å²) in [5, 5.41) is 12.2. The summed E-state index contributed by atoms with van der Waals surface area (Å²) in [7, 11) is 0. The molecule has 2 aromatic heterocycles. The summed E-state index contributed by atoms with van der Waals surface area (Å²) in [4.78, 5) is 8.22. The summed E-state index contributed by atoms with van der Waals surface area (Å²) in [6.07, 6.45) is 6.96. The number of aromatic amines is 1. The van der Waals surface area contributed by atoms with Crippen molar-refractivity contribution in [3.8, 4) is 0 Å². The molecule has 2 heterocycles. The lowest BCUT2D eigenvalue weighted by atomic mass is 10.1. The van der Waals surface area contributed by atoms with Crippen molar-refractivity contribution in [3.05, 3.63) is 42.7 Å². The van der Waals surface area contributed by atoms with Gasteiger partial charge < -0.3 is 11.1 Å². The number of fused-ring (bicyclic) bond motifs is 1. The van der Waals surface area contributed by atoms with Gasteiger partial charge in [-0.2, -0.15) is 5.10 Å². The molecule has 6 heteroatoms. The van der Waals surface area contributed by atoms with Crippen molar-refractivity contribution in [2.75, 3.05) is 17.6 Å². The van der Waals surface area contributed by atoms with Gasteiger partial charge in [-0.3, -0.25) is 10.1 Å². The van der Waals surface area contributed by atoms with Gasteiger partial charge in [0.05, 0.1) is 0 Å². The Morgan fingerprint density at radius 3 is 3.00 bits per heavy atom. The van der Waals surface area contributed by atoms with Gasteiger partial charge in [-0.1, -0.05) is 0 Å². The summed E-state index contributed by atoms with van der Waals surface area (Å²) in [6, 6.07) is 5.89. The molecule has 0 aliphatic heterocycles. The number of rotatable bonds is 5. The second-order valence-electron chi connectivity index (χ2n) is 4.59. The fourth-order valence-corrected chi connectivity index (χ4v) is 2.20. The van der Waals surface area contributed by atoms with Gasteiger partial charge in [0.25, 0.3) is 0 Å². The fourth-order valence-electron chi connectivity index (χ4n) is 2.20. The highest BCUT2D eigenvalue weighted by Crippen LogP contribution is 2.27. The Bertz CT molecular complexity index is 692. The van der Waals surface area contributed by atoms with Gasteiger partial charge in [0.2, 0.25) is 0 Å². The number of hydrogen-bond acceptors (Lipinski definition) is 5. The molecule has 0 saturated heterocycles. The number of nitrogens with two attached hydrogens (primary N) is 1. The van der Waals surface area contributed by atoms with Crippen LogP contribution in [-0.4, -0.2) is 26.7 Å². The van der Waals surface area contributed by atoms with Crippen molar-refractivity contribution < 1.29 is 0 Å². The first-order valence-electron chi connectivity index (χ1n) is 6.55. The number of aryl methyl sites for hydroxylation is 1. The summed E-state index contributed by atoms with van der Waals surface area (Å²) in [6.45, 7) is 0.863. The molecular formula is C14H16N6. The molecule has 6 nitrogen and oxygen atoms in total. The van der Waals surface area contributed by atoms with Gasteiger partial charge in [-0.05, 0) is 24.6 Å². The van der Waals surface area contributed by atoms with Crippen LogP contribution in [0.2, 0.25) is 0 Å². The van der Waals surface area contributed by atoms with Gasteiger partial charge in [-0.25, -0.2) is 4.98 Å². The summed E-state index contributed by atoms with van der Waals surface area (Å²) >= 11 is 0. The minimum absolute atomic E-state index is 0.750. The smallest absolute Gasteiger partial charge is 0.137 e. The molecule has 3 aromatic rings. The van der Waals surface area contributed by atoms with Crippen LogP contribution < -0.4 is 11.1 Å². The molecule has 0 aliphatic rings. The van der Waals surface area contributed by atoms with Gasteiger partial charge >= 0.3 is 0 Å². The highest BCUT2D eigenvalue weighted by atomic mass is 15.2. The first-order valence-corrected chi connectivity index (χ1v) is 6.55. The highest BCUT2D eigenvalue weighted by molar-refractivity contribution is 6.00. The molecule has 4 N–H and O–H groups in total. The Morgan fingerprint density at radius 1 is 1.20 bits per heavy atom. The average molecular weight is 268 g/mol. The van der Waals surface area contributed by atoms with Crippen LogP contribution in [0.25, 0.3) is 10.8 Å². The van der Waals surface area contributed by atoms with Gasteiger partial charge in [0.1, 0.15) is 12.2 Å². The number of nitrogen functional groups attached to an aromatic ring is 1. The predicted molar refractivity (Wildman–Crippen MR) is 79.3 cm³/mol. The molecule has 0 bridgehead atoms. The minimum atomic E-state index is 0.750. The summed E-state index contributed by atoms with van der Waals surface area (Å²) in [5.74, 6) is 0.915. The van der Waals surface area contributed by atoms with Crippen molar-refractivity contribution in [3.63, 3.8) is 0 Å². The lowest BCUT2D eigenvalue weighted by molar-refractivity contribution is 0.806. The van der Waals surface area contributed by atoms with Crippen molar-refractivity contribution >= 4 is 22.1 Å². The van der Waals surface area contributed by atoms with Crippen LogP contribution in [0.5, 0.6) is 0 Å². The zero-order valence-corrected chi connectivity index (χ0v) is 11.0. The van der Waals surface area contributed by atoms with E-state index in [0.29, 0.717) is 0 Å². The number of H-pyrrole nitrogens is 1.